The van der Waals surface area contributed by atoms with Crippen LogP contribution in [0.5, 0.6) is 0 Å². The maximum absolute atomic E-state index is 12.9. The maximum Gasteiger partial charge on any atom is 0.306 e. The first kappa shape index (κ1) is 73.9. The van der Waals surface area contributed by atoms with Gasteiger partial charge in [0.15, 0.2) is 6.10 Å². The van der Waals surface area contributed by atoms with Gasteiger partial charge in [0.2, 0.25) is 0 Å². The molecule has 0 bridgehead atoms. The van der Waals surface area contributed by atoms with Gasteiger partial charge < -0.3 is 14.2 Å². The fraction of sp³-hybridized carbons (Fsp3) is 0.900. The van der Waals surface area contributed by atoms with Crippen LogP contribution in [0.1, 0.15) is 387 Å². The molecule has 448 valence electrons. The summed E-state index contributed by atoms with van der Waals surface area (Å²) >= 11 is 0. The summed E-state index contributed by atoms with van der Waals surface area (Å²) in [5.74, 6) is -0.853. The zero-order chi connectivity index (χ0) is 55.0. The summed E-state index contributed by atoms with van der Waals surface area (Å²) in [6, 6.07) is 0. The molecule has 0 aromatic carbocycles. The number of rotatable bonds is 64. The molecular formula is C70H132O6. The molecule has 76 heavy (non-hydrogen) atoms. The average Bonchev–Trinajstić information content (AvgIpc) is 3.42. The minimum Gasteiger partial charge on any atom is -0.462 e. The highest BCUT2D eigenvalue weighted by Gasteiger charge is 2.19. The molecule has 0 aromatic heterocycles. The van der Waals surface area contributed by atoms with Crippen LogP contribution in [-0.2, 0) is 28.6 Å². The lowest BCUT2D eigenvalue weighted by atomic mass is 10.0. The first-order chi connectivity index (χ1) is 37.5. The predicted molar refractivity (Wildman–Crippen MR) is 330 cm³/mol. The zero-order valence-electron chi connectivity index (χ0n) is 51.6. The largest absolute Gasteiger partial charge is 0.462 e. The molecule has 0 amide bonds. The van der Waals surface area contributed by atoms with Crippen molar-refractivity contribution in [2.75, 3.05) is 13.2 Å². The molecule has 0 saturated heterocycles. The van der Waals surface area contributed by atoms with Crippen molar-refractivity contribution in [3.05, 3.63) is 24.3 Å². The molecule has 1 atom stereocenters. The summed E-state index contributed by atoms with van der Waals surface area (Å²) in [5, 5.41) is 0. The minimum absolute atomic E-state index is 0.0677. The van der Waals surface area contributed by atoms with E-state index in [-0.39, 0.29) is 31.1 Å². The Morgan fingerprint density at radius 2 is 0.461 bits per heavy atom. The lowest BCUT2D eigenvalue weighted by molar-refractivity contribution is -0.167. The quantitative estimate of drug-likeness (QED) is 0.0261. The molecule has 0 spiro atoms. The molecule has 1 unspecified atom stereocenters. The fourth-order valence-electron chi connectivity index (χ4n) is 10.5. The number of carbonyl (C=O) groups excluding carboxylic acids is 3. The monoisotopic (exact) mass is 1070 g/mol. The number of unbranched alkanes of at least 4 members (excludes halogenated alkanes) is 49. The number of carbonyl (C=O) groups is 3. The van der Waals surface area contributed by atoms with Gasteiger partial charge in [0.25, 0.3) is 0 Å². The fourth-order valence-corrected chi connectivity index (χ4v) is 10.5. The first-order valence-corrected chi connectivity index (χ1v) is 34.3. The topological polar surface area (TPSA) is 78.9 Å². The zero-order valence-corrected chi connectivity index (χ0v) is 51.6. The number of hydrogen-bond acceptors (Lipinski definition) is 6. The van der Waals surface area contributed by atoms with Crippen molar-refractivity contribution in [3.8, 4) is 0 Å². The van der Waals surface area contributed by atoms with Gasteiger partial charge >= 0.3 is 17.9 Å². The van der Waals surface area contributed by atoms with E-state index < -0.39 is 6.10 Å². The second-order valence-electron chi connectivity index (χ2n) is 23.4. The Labute approximate surface area is 474 Å². The average molecular weight is 1070 g/mol. The number of allylic oxidation sites excluding steroid dienone is 4. The first-order valence-electron chi connectivity index (χ1n) is 34.3. The van der Waals surface area contributed by atoms with Crippen LogP contribution >= 0.6 is 0 Å². The molecule has 6 heteroatoms. The molecule has 0 aliphatic rings. The Balaban J connectivity index is 4.00. The van der Waals surface area contributed by atoms with Gasteiger partial charge in [-0.2, -0.15) is 0 Å². The highest BCUT2D eigenvalue weighted by atomic mass is 16.6. The van der Waals surface area contributed by atoms with Crippen LogP contribution in [0.25, 0.3) is 0 Å². The van der Waals surface area contributed by atoms with E-state index in [1.165, 1.54) is 276 Å². The van der Waals surface area contributed by atoms with Gasteiger partial charge in [0.05, 0.1) is 0 Å². The third kappa shape index (κ3) is 62.7. The van der Waals surface area contributed by atoms with Gasteiger partial charge in [-0.15, -0.1) is 0 Å². The maximum atomic E-state index is 12.9. The van der Waals surface area contributed by atoms with E-state index in [9.17, 15) is 14.4 Å². The Hall–Kier alpha value is -2.11. The molecule has 0 aliphatic carbocycles. The molecule has 0 aromatic rings. The third-order valence-electron chi connectivity index (χ3n) is 15.7. The molecule has 0 N–H and O–H groups in total. The van der Waals surface area contributed by atoms with Crippen LogP contribution in [0.4, 0.5) is 0 Å². The highest BCUT2D eigenvalue weighted by Crippen LogP contribution is 2.18. The van der Waals surface area contributed by atoms with Gasteiger partial charge in [0, 0.05) is 19.3 Å². The van der Waals surface area contributed by atoms with Gasteiger partial charge in [-0.05, 0) is 64.2 Å². The lowest BCUT2D eigenvalue weighted by Gasteiger charge is -2.18. The minimum atomic E-state index is -0.769. The third-order valence-corrected chi connectivity index (χ3v) is 15.7. The molecule has 0 radical (unpaired) electrons. The van der Waals surface area contributed by atoms with E-state index in [1.807, 2.05) is 0 Å². The molecular weight excluding hydrogens is 937 g/mol. The van der Waals surface area contributed by atoms with Crippen molar-refractivity contribution in [1.29, 1.82) is 0 Å². The van der Waals surface area contributed by atoms with Crippen molar-refractivity contribution in [2.24, 2.45) is 0 Å². The van der Waals surface area contributed by atoms with E-state index >= 15 is 0 Å². The molecule has 0 heterocycles. The van der Waals surface area contributed by atoms with E-state index in [0.29, 0.717) is 19.3 Å². The summed E-state index contributed by atoms with van der Waals surface area (Å²) in [6.07, 6.45) is 79.5. The Morgan fingerprint density at radius 3 is 0.711 bits per heavy atom. The Bertz CT molecular complexity index is 1230. The number of hydrogen-bond donors (Lipinski definition) is 0. The Morgan fingerprint density at radius 1 is 0.250 bits per heavy atom. The van der Waals surface area contributed by atoms with Crippen molar-refractivity contribution in [2.45, 2.75) is 393 Å². The smallest absolute Gasteiger partial charge is 0.306 e. The number of ether oxygens (including phenoxy) is 3. The van der Waals surface area contributed by atoms with Crippen LogP contribution in [0.15, 0.2) is 24.3 Å². The highest BCUT2D eigenvalue weighted by molar-refractivity contribution is 5.71. The van der Waals surface area contributed by atoms with E-state index in [1.54, 1.807) is 0 Å². The van der Waals surface area contributed by atoms with E-state index in [4.69, 9.17) is 14.2 Å². The van der Waals surface area contributed by atoms with Crippen LogP contribution in [0.2, 0.25) is 0 Å². The van der Waals surface area contributed by atoms with E-state index in [0.717, 1.165) is 70.6 Å². The second-order valence-corrected chi connectivity index (χ2v) is 23.4. The SMILES string of the molecule is CCC/C=C\CCCCCCCC(=O)OCC(COC(=O)CCCCCCCCCCCCCCCCCCCCCCC/C=C\CCCCCCCCCC)OC(=O)CCCCCCCCCCCCCCCCC. The molecule has 0 rings (SSSR count). The molecule has 0 saturated carbocycles. The normalized spacial score (nSPS) is 12.1. The summed E-state index contributed by atoms with van der Waals surface area (Å²) < 4.78 is 16.9. The van der Waals surface area contributed by atoms with Gasteiger partial charge in [-0.25, -0.2) is 0 Å². The van der Waals surface area contributed by atoms with E-state index in [2.05, 4.69) is 45.1 Å². The van der Waals surface area contributed by atoms with Crippen LogP contribution in [0.3, 0.4) is 0 Å². The predicted octanol–water partition coefficient (Wildman–Crippen LogP) is 23.4. The van der Waals surface area contributed by atoms with Crippen molar-refractivity contribution in [3.63, 3.8) is 0 Å². The van der Waals surface area contributed by atoms with Crippen LogP contribution in [-0.4, -0.2) is 37.2 Å². The summed E-state index contributed by atoms with van der Waals surface area (Å²) in [6.45, 7) is 6.64. The van der Waals surface area contributed by atoms with Gasteiger partial charge in [-0.3, -0.25) is 14.4 Å². The summed E-state index contributed by atoms with van der Waals surface area (Å²) in [4.78, 5) is 38.2. The van der Waals surface area contributed by atoms with Crippen LogP contribution in [0, 0.1) is 0 Å². The van der Waals surface area contributed by atoms with Gasteiger partial charge in [0.1, 0.15) is 13.2 Å². The Kier molecular flexibility index (Phi) is 63.6. The standard InChI is InChI=1S/C70H132O6/c1-4-7-10-13-16-19-22-24-26-27-28-29-30-31-32-33-34-35-36-37-38-39-40-41-42-43-45-46-48-51-54-57-60-63-69(72)75-66-67(65-74-68(71)62-59-56-53-50-21-18-15-12-9-6-3)76-70(73)64-61-58-55-52-49-47-44-25-23-20-17-14-11-8-5-2/h12,15,27-28,67H,4-11,13-14,16-26,29-66H2,1-3H3/b15-12-,28-27-. The van der Waals surface area contributed by atoms with Crippen molar-refractivity contribution < 1.29 is 28.6 Å². The lowest BCUT2D eigenvalue weighted by Crippen LogP contribution is -2.30. The van der Waals surface area contributed by atoms with Gasteiger partial charge in [-0.1, -0.05) is 328 Å². The summed E-state index contributed by atoms with van der Waals surface area (Å²) in [5.41, 5.74) is 0. The van der Waals surface area contributed by atoms with Crippen molar-refractivity contribution in [1.82, 2.24) is 0 Å². The van der Waals surface area contributed by atoms with Crippen molar-refractivity contribution >= 4 is 17.9 Å². The second kappa shape index (κ2) is 65.4. The number of esters is 3. The molecule has 0 aliphatic heterocycles. The summed E-state index contributed by atoms with van der Waals surface area (Å²) in [7, 11) is 0. The molecule has 0 fully saturated rings. The van der Waals surface area contributed by atoms with Crippen LogP contribution < -0.4 is 0 Å². The molecule has 6 nitrogen and oxygen atoms in total.